The van der Waals surface area contributed by atoms with Gasteiger partial charge in [0.2, 0.25) is 5.91 Å². The molecule has 1 aliphatic rings. The van der Waals surface area contributed by atoms with E-state index in [1.165, 1.54) is 0 Å². The van der Waals surface area contributed by atoms with Crippen molar-refractivity contribution in [3.63, 3.8) is 0 Å². The van der Waals surface area contributed by atoms with E-state index in [-0.39, 0.29) is 11.3 Å². The predicted octanol–water partition coefficient (Wildman–Crippen LogP) is 2.52. The molecule has 0 fully saturated rings. The maximum absolute atomic E-state index is 12.3. The fourth-order valence-corrected chi connectivity index (χ4v) is 2.23. The number of hydrogen-bond acceptors (Lipinski definition) is 4. The molecule has 3 amide bonds. The lowest BCUT2D eigenvalue weighted by Crippen LogP contribution is -2.56. The molecule has 7 nitrogen and oxygen atoms in total. The molecular weight excluding hydrogens is 322 g/mol. The van der Waals surface area contributed by atoms with Crippen LogP contribution in [0.3, 0.4) is 0 Å². The predicted molar refractivity (Wildman–Crippen MR) is 96.1 cm³/mol. The SMILES string of the molecule is CC(C)(C)CNC(=O)C(C)(C)NC(=O)Nc1cccc2c1OCCO2. The molecule has 0 aliphatic carbocycles. The fourth-order valence-electron chi connectivity index (χ4n) is 2.23. The number of ether oxygens (including phenoxy) is 2. The van der Waals surface area contributed by atoms with Crippen LogP contribution < -0.4 is 25.4 Å². The Morgan fingerprint density at radius 2 is 1.76 bits per heavy atom. The van der Waals surface area contributed by atoms with Crippen molar-refractivity contribution in [3.8, 4) is 11.5 Å². The molecule has 0 spiro atoms. The van der Waals surface area contributed by atoms with Gasteiger partial charge in [-0.2, -0.15) is 0 Å². The van der Waals surface area contributed by atoms with E-state index < -0.39 is 11.6 Å². The third kappa shape index (κ3) is 5.27. The summed E-state index contributed by atoms with van der Waals surface area (Å²) in [4.78, 5) is 24.7. The van der Waals surface area contributed by atoms with Crippen molar-refractivity contribution in [2.45, 2.75) is 40.2 Å². The zero-order valence-corrected chi connectivity index (χ0v) is 15.5. The molecule has 1 heterocycles. The Morgan fingerprint density at radius 3 is 2.44 bits per heavy atom. The Bertz CT molecular complexity index is 650. The number of benzene rings is 1. The van der Waals surface area contributed by atoms with Crippen molar-refractivity contribution < 1.29 is 19.1 Å². The molecule has 7 heteroatoms. The van der Waals surface area contributed by atoms with E-state index in [1.807, 2.05) is 20.8 Å². The number of rotatable bonds is 4. The molecule has 2 rings (SSSR count). The first-order valence-corrected chi connectivity index (χ1v) is 8.34. The highest BCUT2D eigenvalue weighted by Gasteiger charge is 2.30. The lowest BCUT2D eigenvalue weighted by atomic mass is 9.96. The van der Waals surface area contributed by atoms with Crippen LogP contribution in [0.1, 0.15) is 34.6 Å². The average molecular weight is 349 g/mol. The molecule has 0 saturated heterocycles. The molecule has 0 atom stereocenters. The maximum atomic E-state index is 12.3. The van der Waals surface area contributed by atoms with Gasteiger partial charge in [-0.05, 0) is 31.4 Å². The summed E-state index contributed by atoms with van der Waals surface area (Å²) in [5.74, 6) is 0.845. The van der Waals surface area contributed by atoms with E-state index >= 15 is 0 Å². The third-order valence-electron chi connectivity index (χ3n) is 3.59. The number of amides is 3. The maximum Gasteiger partial charge on any atom is 0.320 e. The normalized spacial score (nSPS) is 13.8. The van der Waals surface area contributed by atoms with Gasteiger partial charge in [0.15, 0.2) is 11.5 Å². The summed E-state index contributed by atoms with van der Waals surface area (Å²) >= 11 is 0. The standard InChI is InChI=1S/C18H27N3O4/c1-17(2,3)11-19-15(22)18(4,5)21-16(23)20-12-7-6-8-13-14(12)25-10-9-24-13/h6-8H,9-11H2,1-5H3,(H,19,22)(H2,20,21,23). The molecule has 138 valence electrons. The van der Waals surface area contributed by atoms with Gasteiger partial charge in [0, 0.05) is 6.54 Å². The topological polar surface area (TPSA) is 88.7 Å². The second-order valence-electron chi connectivity index (χ2n) is 7.78. The van der Waals surface area contributed by atoms with Crippen LogP contribution in [-0.4, -0.2) is 37.2 Å². The second kappa shape index (κ2) is 7.21. The van der Waals surface area contributed by atoms with Crippen LogP contribution in [0.15, 0.2) is 18.2 Å². The molecular formula is C18H27N3O4. The van der Waals surface area contributed by atoms with Gasteiger partial charge in [-0.15, -0.1) is 0 Å². The molecule has 1 aromatic rings. The number of anilines is 1. The van der Waals surface area contributed by atoms with E-state index in [0.717, 1.165) is 0 Å². The number of hydrogen-bond donors (Lipinski definition) is 3. The summed E-state index contributed by atoms with van der Waals surface area (Å²) in [6, 6.07) is 4.78. The fraction of sp³-hybridized carbons (Fsp3) is 0.556. The highest BCUT2D eigenvalue weighted by atomic mass is 16.6. The molecule has 1 aromatic carbocycles. The van der Waals surface area contributed by atoms with Crippen molar-refractivity contribution in [1.82, 2.24) is 10.6 Å². The van der Waals surface area contributed by atoms with Crippen molar-refractivity contribution >= 4 is 17.6 Å². The third-order valence-corrected chi connectivity index (χ3v) is 3.59. The van der Waals surface area contributed by atoms with Gasteiger partial charge in [0.05, 0.1) is 5.69 Å². The van der Waals surface area contributed by atoms with E-state index in [4.69, 9.17) is 9.47 Å². The Labute approximate surface area is 148 Å². The summed E-state index contributed by atoms with van der Waals surface area (Å²) in [6.07, 6.45) is 0. The van der Waals surface area contributed by atoms with E-state index in [0.29, 0.717) is 36.9 Å². The zero-order chi connectivity index (χ0) is 18.7. The number of urea groups is 1. The van der Waals surface area contributed by atoms with Crippen molar-refractivity contribution in [2.75, 3.05) is 25.1 Å². The van der Waals surface area contributed by atoms with Crippen LogP contribution in [0.5, 0.6) is 11.5 Å². The van der Waals surface area contributed by atoms with Crippen LogP contribution in [0.4, 0.5) is 10.5 Å². The van der Waals surface area contributed by atoms with Crippen molar-refractivity contribution in [1.29, 1.82) is 0 Å². The first kappa shape index (κ1) is 18.9. The highest BCUT2D eigenvalue weighted by molar-refractivity contribution is 5.96. The van der Waals surface area contributed by atoms with Crippen LogP contribution in [-0.2, 0) is 4.79 Å². The molecule has 0 unspecified atom stereocenters. The van der Waals surface area contributed by atoms with Crippen LogP contribution in [0.2, 0.25) is 0 Å². The zero-order valence-electron chi connectivity index (χ0n) is 15.5. The molecule has 0 radical (unpaired) electrons. The van der Waals surface area contributed by atoms with Gasteiger partial charge < -0.3 is 25.4 Å². The molecule has 0 saturated carbocycles. The summed E-state index contributed by atoms with van der Waals surface area (Å²) in [7, 11) is 0. The first-order chi connectivity index (χ1) is 11.6. The smallest absolute Gasteiger partial charge is 0.320 e. The van der Waals surface area contributed by atoms with Gasteiger partial charge in [0.1, 0.15) is 18.8 Å². The highest BCUT2D eigenvalue weighted by Crippen LogP contribution is 2.37. The summed E-state index contributed by atoms with van der Waals surface area (Å²) in [6.45, 7) is 10.8. The molecule has 1 aliphatic heterocycles. The summed E-state index contributed by atoms with van der Waals surface area (Å²) in [5.41, 5.74) is -0.587. The monoisotopic (exact) mass is 349 g/mol. The Morgan fingerprint density at radius 1 is 1.08 bits per heavy atom. The minimum Gasteiger partial charge on any atom is -0.486 e. The van der Waals surface area contributed by atoms with Crippen LogP contribution >= 0.6 is 0 Å². The van der Waals surface area contributed by atoms with Gasteiger partial charge in [-0.3, -0.25) is 4.79 Å². The van der Waals surface area contributed by atoms with Crippen LogP contribution in [0.25, 0.3) is 0 Å². The molecule has 25 heavy (non-hydrogen) atoms. The van der Waals surface area contributed by atoms with E-state index in [9.17, 15) is 9.59 Å². The average Bonchev–Trinajstić information content (AvgIpc) is 2.51. The van der Waals surface area contributed by atoms with Crippen molar-refractivity contribution in [2.24, 2.45) is 5.41 Å². The Balaban J connectivity index is 1.98. The van der Waals surface area contributed by atoms with Crippen LogP contribution in [0, 0.1) is 5.41 Å². The Hall–Kier alpha value is -2.44. The number of carbonyl (C=O) groups excluding carboxylic acids is 2. The van der Waals surface area contributed by atoms with Gasteiger partial charge in [-0.1, -0.05) is 26.8 Å². The number of fused-ring (bicyclic) bond motifs is 1. The van der Waals surface area contributed by atoms with Gasteiger partial charge >= 0.3 is 6.03 Å². The quantitative estimate of drug-likeness (QED) is 0.779. The number of para-hydroxylation sites is 1. The summed E-state index contributed by atoms with van der Waals surface area (Å²) in [5, 5.41) is 8.26. The molecule has 3 N–H and O–H groups in total. The second-order valence-corrected chi connectivity index (χ2v) is 7.78. The summed E-state index contributed by atoms with van der Waals surface area (Å²) < 4.78 is 11.1. The van der Waals surface area contributed by atoms with Gasteiger partial charge in [-0.25, -0.2) is 4.79 Å². The minimum atomic E-state index is -1.05. The molecule has 0 bridgehead atoms. The largest absolute Gasteiger partial charge is 0.486 e. The van der Waals surface area contributed by atoms with E-state index in [2.05, 4.69) is 16.0 Å². The van der Waals surface area contributed by atoms with Crippen molar-refractivity contribution in [3.05, 3.63) is 18.2 Å². The lowest BCUT2D eigenvalue weighted by molar-refractivity contribution is -0.126. The lowest BCUT2D eigenvalue weighted by Gasteiger charge is -2.28. The minimum absolute atomic E-state index is 0.0333. The first-order valence-electron chi connectivity index (χ1n) is 8.34. The number of nitrogens with one attached hydrogen (secondary N) is 3. The Kier molecular flexibility index (Phi) is 5.45. The van der Waals surface area contributed by atoms with Gasteiger partial charge in [0.25, 0.3) is 0 Å². The molecule has 0 aromatic heterocycles. The van der Waals surface area contributed by atoms with E-state index in [1.54, 1.807) is 32.0 Å². The number of carbonyl (C=O) groups is 2.